The van der Waals surface area contributed by atoms with Gasteiger partial charge in [0.25, 0.3) is 5.91 Å². The highest BCUT2D eigenvalue weighted by atomic mass is 127. The van der Waals surface area contributed by atoms with Gasteiger partial charge in [-0.25, -0.2) is 0 Å². The molecular formula is C16H10I2N2O. The fourth-order valence-electron chi connectivity index (χ4n) is 2.03. The third-order valence-electron chi connectivity index (χ3n) is 3.07. The first kappa shape index (κ1) is 14.7. The van der Waals surface area contributed by atoms with Crippen LogP contribution >= 0.6 is 45.2 Å². The normalized spacial score (nSPS) is 10.6. The summed E-state index contributed by atoms with van der Waals surface area (Å²) in [5, 5.41) is 3.98. The van der Waals surface area contributed by atoms with Crippen molar-refractivity contribution in [3.63, 3.8) is 0 Å². The van der Waals surface area contributed by atoms with Gasteiger partial charge >= 0.3 is 0 Å². The van der Waals surface area contributed by atoms with E-state index in [9.17, 15) is 4.79 Å². The minimum absolute atomic E-state index is 0.125. The molecule has 104 valence electrons. The molecule has 3 rings (SSSR count). The predicted octanol–water partition coefficient (Wildman–Crippen LogP) is 4.70. The molecule has 0 unspecified atom stereocenters. The number of carbonyl (C=O) groups excluding carboxylic acids is 1. The topological polar surface area (TPSA) is 42.0 Å². The summed E-state index contributed by atoms with van der Waals surface area (Å²) >= 11 is 4.49. The van der Waals surface area contributed by atoms with Crippen molar-refractivity contribution in [2.45, 2.75) is 0 Å². The van der Waals surface area contributed by atoms with Crippen LogP contribution in [0.15, 0.2) is 54.7 Å². The van der Waals surface area contributed by atoms with Crippen molar-refractivity contribution in [2.75, 3.05) is 5.32 Å². The Labute approximate surface area is 149 Å². The van der Waals surface area contributed by atoms with E-state index in [4.69, 9.17) is 0 Å². The molecule has 21 heavy (non-hydrogen) atoms. The number of hydrogen-bond acceptors (Lipinski definition) is 2. The van der Waals surface area contributed by atoms with Crippen molar-refractivity contribution >= 4 is 67.7 Å². The number of amides is 1. The summed E-state index contributed by atoms with van der Waals surface area (Å²) < 4.78 is 2.22. The molecule has 1 amide bonds. The largest absolute Gasteiger partial charge is 0.320 e. The summed E-state index contributed by atoms with van der Waals surface area (Å²) in [7, 11) is 0. The standard InChI is InChI=1S/C16H10I2N2O/c17-11-5-3-10(4-6-11)16(21)20-14-8-7-13(18)12-2-1-9-19-15(12)14/h1-9H,(H,20,21). The first-order valence-corrected chi connectivity index (χ1v) is 8.41. The van der Waals surface area contributed by atoms with Gasteiger partial charge in [-0.15, -0.1) is 0 Å². The summed E-state index contributed by atoms with van der Waals surface area (Å²) in [5.41, 5.74) is 2.18. The lowest BCUT2D eigenvalue weighted by atomic mass is 10.1. The SMILES string of the molecule is O=C(Nc1ccc(I)c2cccnc12)c1ccc(I)cc1. The summed E-state index contributed by atoms with van der Waals surface area (Å²) in [6.45, 7) is 0. The molecule has 0 aliphatic rings. The molecular weight excluding hydrogens is 490 g/mol. The molecule has 0 fully saturated rings. The van der Waals surface area contributed by atoms with Crippen LogP contribution in [0.3, 0.4) is 0 Å². The van der Waals surface area contributed by atoms with Gasteiger partial charge in [-0.2, -0.15) is 0 Å². The van der Waals surface area contributed by atoms with Crippen LogP contribution in [0, 0.1) is 7.14 Å². The number of rotatable bonds is 2. The monoisotopic (exact) mass is 500 g/mol. The number of fused-ring (bicyclic) bond motifs is 1. The Balaban J connectivity index is 1.97. The number of pyridine rings is 1. The average Bonchev–Trinajstić information content (AvgIpc) is 2.51. The number of aromatic nitrogens is 1. The van der Waals surface area contributed by atoms with Crippen molar-refractivity contribution in [3.05, 3.63) is 67.4 Å². The minimum Gasteiger partial charge on any atom is -0.320 e. The Bertz CT molecular complexity index is 816. The zero-order chi connectivity index (χ0) is 14.8. The first-order valence-electron chi connectivity index (χ1n) is 6.25. The second kappa shape index (κ2) is 6.27. The van der Waals surface area contributed by atoms with Crippen LogP contribution < -0.4 is 5.32 Å². The molecule has 0 atom stereocenters. The summed E-state index contributed by atoms with van der Waals surface area (Å²) in [6, 6.07) is 15.2. The fourth-order valence-corrected chi connectivity index (χ4v) is 3.01. The second-order valence-corrected chi connectivity index (χ2v) is 6.86. The molecule has 0 spiro atoms. The van der Waals surface area contributed by atoms with E-state index in [1.807, 2.05) is 48.5 Å². The van der Waals surface area contributed by atoms with Gasteiger partial charge in [0.2, 0.25) is 0 Å². The highest BCUT2D eigenvalue weighted by Crippen LogP contribution is 2.26. The van der Waals surface area contributed by atoms with Gasteiger partial charge in [-0.05, 0) is 87.6 Å². The van der Waals surface area contributed by atoms with Crippen molar-refractivity contribution in [1.82, 2.24) is 4.98 Å². The second-order valence-electron chi connectivity index (χ2n) is 4.46. The predicted molar refractivity (Wildman–Crippen MR) is 102 cm³/mol. The Morgan fingerprint density at radius 1 is 1.00 bits per heavy atom. The van der Waals surface area contributed by atoms with E-state index in [1.54, 1.807) is 6.20 Å². The van der Waals surface area contributed by atoms with E-state index in [1.165, 1.54) is 0 Å². The average molecular weight is 500 g/mol. The molecule has 0 bridgehead atoms. The lowest BCUT2D eigenvalue weighted by Gasteiger charge is -2.09. The smallest absolute Gasteiger partial charge is 0.255 e. The quantitative estimate of drug-likeness (QED) is 0.519. The Morgan fingerprint density at radius 3 is 2.52 bits per heavy atom. The summed E-state index contributed by atoms with van der Waals surface area (Å²) in [4.78, 5) is 16.7. The van der Waals surface area contributed by atoms with E-state index in [0.717, 1.165) is 23.7 Å². The van der Waals surface area contributed by atoms with Crippen molar-refractivity contribution in [2.24, 2.45) is 0 Å². The number of carbonyl (C=O) groups is 1. The van der Waals surface area contributed by atoms with Crippen molar-refractivity contribution in [3.8, 4) is 0 Å². The van der Waals surface area contributed by atoms with Crippen LogP contribution in [0.25, 0.3) is 10.9 Å². The molecule has 1 N–H and O–H groups in total. The highest BCUT2D eigenvalue weighted by Gasteiger charge is 2.10. The lowest BCUT2D eigenvalue weighted by molar-refractivity contribution is 0.102. The summed E-state index contributed by atoms with van der Waals surface area (Å²) in [6.07, 6.45) is 1.74. The number of hydrogen-bond donors (Lipinski definition) is 1. The van der Waals surface area contributed by atoms with Gasteiger partial charge in [0.1, 0.15) is 0 Å². The molecule has 0 aliphatic carbocycles. The van der Waals surface area contributed by atoms with Gasteiger partial charge in [-0.1, -0.05) is 6.07 Å². The highest BCUT2D eigenvalue weighted by molar-refractivity contribution is 14.1. The molecule has 1 aromatic heterocycles. The van der Waals surface area contributed by atoms with Gasteiger partial charge in [0.05, 0.1) is 11.2 Å². The van der Waals surface area contributed by atoms with Crippen LogP contribution in [-0.4, -0.2) is 10.9 Å². The van der Waals surface area contributed by atoms with E-state index >= 15 is 0 Å². The van der Waals surface area contributed by atoms with E-state index in [0.29, 0.717) is 5.56 Å². The Kier molecular flexibility index (Phi) is 4.39. The van der Waals surface area contributed by atoms with Crippen LogP contribution in [0.5, 0.6) is 0 Å². The van der Waals surface area contributed by atoms with Crippen LogP contribution in [0.4, 0.5) is 5.69 Å². The molecule has 0 aliphatic heterocycles. The Hall–Kier alpha value is -1.22. The van der Waals surface area contributed by atoms with Crippen molar-refractivity contribution < 1.29 is 4.79 Å². The molecule has 3 aromatic rings. The van der Waals surface area contributed by atoms with E-state index < -0.39 is 0 Å². The maximum Gasteiger partial charge on any atom is 0.255 e. The third-order valence-corrected chi connectivity index (χ3v) is 4.73. The number of halogens is 2. The number of nitrogens with zero attached hydrogens (tertiary/aromatic N) is 1. The molecule has 1 heterocycles. The van der Waals surface area contributed by atoms with Gasteiger partial charge in [0.15, 0.2) is 0 Å². The van der Waals surface area contributed by atoms with Crippen LogP contribution in [-0.2, 0) is 0 Å². The van der Waals surface area contributed by atoms with Crippen LogP contribution in [0.1, 0.15) is 10.4 Å². The fraction of sp³-hybridized carbons (Fsp3) is 0. The molecule has 3 nitrogen and oxygen atoms in total. The first-order chi connectivity index (χ1) is 10.1. The molecule has 0 saturated heterocycles. The summed E-state index contributed by atoms with van der Waals surface area (Å²) in [5.74, 6) is -0.125. The minimum atomic E-state index is -0.125. The van der Waals surface area contributed by atoms with Gasteiger partial charge in [0, 0.05) is 24.3 Å². The maximum atomic E-state index is 12.3. The zero-order valence-corrected chi connectivity index (χ0v) is 15.1. The molecule has 0 saturated carbocycles. The number of nitrogens with one attached hydrogen (secondary N) is 1. The van der Waals surface area contributed by atoms with Crippen molar-refractivity contribution in [1.29, 1.82) is 0 Å². The molecule has 5 heteroatoms. The van der Waals surface area contributed by atoms with Crippen LogP contribution in [0.2, 0.25) is 0 Å². The zero-order valence-electron chi connectivity index (χ0n) is 10.8. The maximum absolute atomic E-state index is 12.3. The van der Waals surface area contributed by atoms with Gasteiger partial charge in [-0.3, -0.25) is 9.78 Å². The molecule has 0 radical (unpaired) electrons. The Morgan fingerprint density at radius 2 is 1.76 bits per heavy atom. The third kappa shape index (κ3) is 3.18. The van der Waals surface area contributed by atoms with Gasteiger partial charge < -0.3 is 5.32 Å². The van der Waals surface area contributed by atoms with E-state index in [2.05, 4.69) is 55.5 Å². The molecule has 2 aromatic carbocycles. The van der Waals surface area contributed by atoms with E-state index in [-0.39, 0.29) is 5.91 Å². The number of anilines is 1. The number of benzene rings is 2. The lowest BCUT2D eigenvalue weighted by Crippen LogP contribution is -2.12.